The Hall–Kier alpha value is -1.33. The Balaban J connectivity index is 2.02. The summed E-state index contributed by atoms with van der Waals surface area (Å²) in [7, 11) is 0. The lowest BCUT2D eigenvalue weighted by Crippen LogP contribution is -2.19. The Morgan fingerprint density at radius 3 is 3.07 bits per heavy atom. The van der Waals surface area contributed by atoms with Crippen molar-refractivity contribution in [3.8, 4) is 6.07 Å². The van der Waals surface area contributed by atoms with Crippen LogP contribution in [0.3, 0.4) is 0 Å². The molecule has 0 spiro atoms. The number of rotatable bonds is 2. The molecule has 0 N–H and O–H groups in total. The molecule has 1 aliphatic rings. The molecule has 1 aliphatic heterocycles. The van der Waals surface area contributed by atoms with Crippen molar-refractivity contribution >= 4 is 0 Å². The molecule has 0 aliphatic carbocycles. The lowest BCUT2D eigenvalue weighted by atomic mass is 10.1. The highest BCUT2D eigenvalue weighted by molar-refractivity contribution is 5.32. The van der Waals surface area contributed by atoms with E-state index in [1.54, 1.807) is 0 Å². The van der Waals surface area contributed by atoms with Crippen LogP contribution in [0.25, 0.3) is 0 Å². The zero-order valence-corrected chi connectivity index (χ0v) is 9.11. The molecular formula is C13H16N2. The predicted octanol–water partition coefficient (Wildman–Crippen LogP) is 2.40. The molecule has 1 atom stereocenters. The first-order valence-electron chi connectivity index (χ1n) is 5.49. The first-order chi connectivity index (χ1) is 7.28. The van der Waals surface area contributed by atoms with Crippen LogP contribution < -0.4 is 0 Å². The highest BCUT2D eigenvalue weighted by Gasteiger charge is 2.18. The van der Waals surface area contributed by atoms with Crippen LogP contribution in [-0.2, 0) is 6.54 Å². The average Bonchev–Trinajstić information content (AvgIpc) is 2.64. The first-order valence-corrected chi connectivity index (χ1v) is 5.49. The van der Waals surface area contributed by atoms with Gasteiger partial charge in [0.05, 0.1) is 11.6 Å². The maximum absolute atomic E-state index is 8.80. The molecule has 0 unspecified atom stereocenters. The Morgan fingerprint density at radius 2 is 2.40 bits per heavy atom. The molecule has 1 aromatic carbocycles. The van der Waals surface area contributed by atoms with E-state index in [4.69, 9.17) is 5.26 Å². The summed E-state index contributed by atoms with van der Waals surface area (Å²) in [5, 5.41) is 8.80. The van der Waals surface area contributed by atoms with Crippen LogP contribution in [0.5, 0.6) is 0 Å². The molecule has 0 bridgehead atoms. The van der Waals surface area contributed by atoms with Gasteiger partial charge in [0, 0.05) is 13.1 Å². The van der Waals surface area contributed by atoms with Crippen LogP contribution in [0.1, 0.15) is 24.5 Å². The third-order valence-corrected chi connectivity index (χ3v) is 2.97. The van der Waals surface area contributed by atoms with Gasteiger partial charge in [-0.1, -0.05) is 19.1 Å². The fraction of sp³-hybridized carbons (Fsp3) is 0.462. The minimum Gasteiger partial charge on any atom is -0.299 e. The van der Waals surface area contributed by atoms with Crippen LogP contribution >= 0.6 is 0 Å². The molecule has 0 saturated carbocycles. The largest absolute Gasteiger partial charge is 0.299 e. The van der Waals surface area contributed by atoms with Gasteiger partial charge in [0.15, 0.2) is 0 Å². The van der Waals surface area contributed by atoms with Crippen LogP contribution in [-0.4, -0.2) is 18.0 Å². The maximum atomic E-state index is 8.80. The van der Waals surface area contributed by atoms with E-state index in [2.05, 4.69) is 24.0 Å². The Bertz CT molecular complexity index is 378. The molecule has 1 heterocycles. The smallest absolute Gasteiger partial charge is 0.0991 e. The molecule has 1 aromatic rings. The van der Waals surface area contributed by atoms with Gasteiger partial charge in [0.1, 0.15) is 0 Å². The predicted molar refractivity (Wildman–Crippen MR) is 60.2 cm³/mol. The number of hydrogen-bond donors (Lipinski definition) is 0. The summed E-state index contributed by atoms with van der Waals surface area (Å²) in [5.74, 6) is 0.823. The average molecular weight is 200 g/mol. The highest BCUT2D eigenvalue weighted by atomic mass is 15.1. The summed E-state index contributed by atoms with van der Waals surface area (Å²) in [4.78, 5) is 2.46. The van der Waals surface area contributed by atoms with Gasteiger partial charge in [-0.3, -0.25) is 4.90 Å². The van der Waals surface area contributed by atoms with E-state index < -0.39 is 0 Å². The Morgan fingerprint density at radius 1 is 1.53 bits per heavy atom. The van der Waals surface area contributed by atoms with Crippen molar-refractivity contribution in [2.45, 2.75) is 19.9 Å². The van der Waals surface area contributed by atoms with Crippen molar-refractivity contribution in [3.05, 3.63) is 35.4 Å². The number of benzene rings is 1. The van der Waals surface area contributed by atoms with Crippen LogP contribution in [0, 0.1) is 17.2 Å². The second kappa shape index (κ2) is 4.46. The molecule has 0 aromatic heterocycles. The normalized spacial score (nSPS) is 21.5. The number of nitrogens with zero attached hydrogens (tertiary/aromatic N) is 2. The summed E-state index contributed by atoms with van der Waals surface area (Å²) < 4.78 is 0. The summed E-state index contributed by atoms with van der Waals surface area (Å²) in [6.07, 6.45) is 1.30. The zero-order valence-electron chi connectivity index (χ0n) is 9.11. The lowest BCUT2D eigenvalue weighted by molar-refractivity contribution is 0.320. The summed E-state index contributed by atoms with van der Waals surface area (Å²) in [5.41, 5.74) is 2.02. The monoisotopic (exact) mass is 200 g/mol. The summed E-state index contributed by atoms with van der Waals surface area (Å²) in [6.45, 7) is 5.67. The van der Waals surface area contributed by atoms with Gasteiger partial charge in [-0.25, -0.2) is 0 Å². The molecule has 1 fully saturated rings. The molecule has 78 valence electrons. The van der Waals surface area contributed by atoms with E-state index in [0.717, 1.165) is 18.0 Å². The maximum Gasteiger partial charge on any atom is 0.0991 e. The van der Waals surface area contributed by atoms with Gasteiger partial charge in [-0.2, -0.15) is 5.26 Å². The van der Waals surface area contributed by atoms with Gasteiger partial charge < -0.3 is 0 Å². The molecule has 2 rings (SSSR count). The molecule has 1 saturated heterocycles. The number of likely N-dealkylation sites (tertiary alicyclic amines) is 1. The van der Waals surface area contributed by atoms with Crippen LogP contribution in [0.4, 0.5) is 0 Å². The molecular weight excluding hydrogens is 184 g/mol. The van der Waals surface area contributed by atoms with Crippen molar-refractivity contribution in [2.75, 3.05) is 13.1 Å². The topological polar surface area (TPSA) is 27.0 Å². The number of hydrogen-bond acceptors (Lipinski definition) is 2. The molecule has 15 heavy (non-hydrogen) atoms. The van der Waals surface area contributed by atoms with E-state index in [9.17, 15) is 0 Å². The second-order valence-corrected chi connectivity index (χ2v) is 4.44. The van der Waals surface area contributed by atoms with Gasteiger partial charge >= 0.3 is 0 Å². The van der Waals surface area contributed by atoms with Crippen molar-refractivity contribution in [2.24, 2.45) is 5.92 Å². The van der Waals surface area contributed by atoms with Gasteiger partial charge in [-0.15, -0.1) is 0 Å². The van der Waals surface area contributed by atoms with Crippen molar-refractivity contribution < 1.29 is 0 Å². The van der Waals surface area contributed by atoms with E-state index in [0.29, 0.717) is 0 Å². The Kier molecular flexibility index (Phi) is 3.03. The van der Waals surface area contributed by atoms with Gasteiger partial charge in [-0.05, 0) is 36.6 Å². The zero-order chi connectivity index (χ0) is 10.7. The molecule has 2 nitrogen and oxygen atoms in total. The minimum atomic E-state index is 0.764. The third-order valence-electron chi connectivity index (χ3n) is 2.97. The molecule has 0 radical (unpaired) electrons. The van der Waals surface area contributed by atoms with Gasteiger partial charge in [0.2, 0.25) is 0 Å². The van der Waals surface area contributed by atoms with Crippen LogP contribution in [0.15, 0.2) is 24.3 Å². The fourth-order valence-electron chi connectivity index (χ4n) is 2.17. The van der Waals surface area contributed by atoms with Crippen molar-refractivity contribution in [1.82, 2.24) is 4.90 Å². The summed E-state index contributed by atoms with van der Waals surface area (Å²) >= 11 is 0. The standard InChI is InChI=1S/C13H16N2/c1-11-5-6-15(9-11)10-13-4-2-3-12(7-13)8-14/h2-4,7,11H,5-6,9-10H2,1H3/t11-/m1/s1. The van der Waals surface area contributed by atoms with Crippen molar-refractivity contribution in [1.29, 1.82) is 5.26 Å². The second-order valence-electron chi connectivity index (χ2n) is 4.44. The lowest BCUT2D eigenvalue weighted by Gasteiger charge is -2.15. The SMILES string of the molecule is C[C@@H]1CCN(Cc2cccc(C#N)c2)C1. The third kappa shape index (κ3) is 2.57. The van der Waals surface area contributed by atoms with E-state index in [-0.39, 0.29) is 0 Å². The fourth-order valence-corrected chi connectivity index (χ4v) is 2.17. The van der Waals surface area contributed by atoms with Gasteiger partial charge in [0.25, 0.3) is 0 Å². The number of nitriles is 1. The van der Waals surface area contributed by atoms with Crippen LogP contribution in [0.2, 0.25) is 0 Å². The van der Waals surface area contributed by atoms with E-state index >= 15 is 0 Å². The van der Waals surface area contributed by atoms with Crippen molar-refractivity contribution in [3.63, 3.8) is 0 Å². The highest BCUT2D eigenvalue weighted by Crippen LogP contribution is 2.18. The molecule has 0 amide bonds. The quantitative estimate of drug-likeness (QED) is 0.733. The first kappa shape index (κ1) is 10.2. The van der Waals surface area contributed by atoms with E-state index in [1.807, 2.05) is 18.2 Å². The minimum absolute atomic E-state index is 0.764. The van der Waals surface area contributed by atoms with E-state index in [1.165, 1.54) is 25.1 Å². The summed E-state index contributed by atoms with van der Waals surface area (Å²) in [6, 6.07) is 10.1. The Labute approximate surface area is 91.1 Å². The molecule has 2 heteroatoms.